The third kappa shape index (κ3) is 9.02. The monoisotopic (exact) mass is 572 g/mol. The zero-order chi connectivity index (χ0) is 25.2. The van der Waals surface area contributed by atoms with Gasteiger partial charge in [0.05, 0.1) is 5.75 Å². The molecule has 0 heterocycles. The van der Waals surface area contributed by atoms with Crippen molar-refractivity contribution in [3.8, 4) is 0 Å². The molecule has 1 atom stereocenters. The van der Waals surface area contributed by atoms with E-state index in [1.165, 1.54) is 0 Å². The van der Waals surface area contributed by atoms with Crippen LogP contribution in [0.1, 0.15) is 30.5 Å². The lowest BCUT2D eigenvalue weighted by molar-refractivity contribution is -0.139. The maximum absolute atomic E-state index is 13.6. The van der Waals surface area contributed by atoms with Gasteiger partial charge in [-0.3, -0.25) is 9.59 Å². The van der Waals surface area contributed by atoms with Crippen molar-refractivity contribution in [2.45, 2.75) is 44.6 Å². The molecule has 3 aromatic carbocycles. The van der Waals surface area contributed by atoms with Crippen molar-refractivity contribution in [3.05, 3.63) is 105 Å². The summed E-state index contributed by atoms with van der Waals surface area (Å²) in [5.74, 6) is 0.783. The number of benzene rings is 3. The molecule has 0 aliphatic rings. The van der Waals surface area contributed by atoms with Crippen LogP contribution in [0.4, 0.5) is 0 Å². The number of halogens is 2. The molecule has 0 unspecified atom stereocenters. The minimum atomic E-state index is -0.628. The summed E-state index contributed by atoms with van der Waals surface area (Å²) in [4.78, 5) is 28.6. The van der Waals surface area contributed by atoms with Crippen LogP contribution in [0.5, 0.6) is 0 Å². The lowest BCUT2D eigenvalue weighted by atomic mass is 10.0. The molecule has 0 spiro atoms. The Morgan fingerprint density at radius 2 is 1.54 bits per heavy atom. The smallest absolute Gasteiger partial charge is 0.243 e. The molecule has 4 nitrogen and oxygen atoms in total. The van der Waals surface area contributed by atoms with E-state index in [9.17, 15) is 9.59 Å². The quantitative estimate of drug-likeness (QED) is 0.285. The molecular formula is C28H30BrClN2O2S. The molecule has 35 heavy (non-hydrogen) atoms. The third-order valence-electron chi connectivity index (χ3n) is 5.38. The van der Waals surface area contributed by atoms with Gasteiger partial charge in [-0.05, 0) is 54.8 Å². The first-order chi connectivity index (χ1) is 16.8. The van der Waals surface area contributed by atoms with Gasteiger partial charge in [-0.2, -0.15) is 0 Å². The summed E-state index contributed by atoms with van der Waals surface area (Å²) in [6.45, 7) is 4.19. The van der Waals surface area contributed by atoms with Gasteiger partial charge < -0.3 is 10.2 Å². The Bertz CT molecular complexity index is 1090. The fourth-order valence-corrected chi connectivity index (χ4v) is 4.90. The molecule has 0 radical (unpaired) electrons. The SMILES string of the molecule is CC(C)NC(=O)[C@H](Cc1ccccc1)N(Cc1ccc(Cl)cc1)C(=O)CSCc1ccc(Br)cc1. The molecule has 3 rings (SSSR count). The summed E-state index contributed by atoms with van der Waals surface area (Å²) >= 11 is 11.1. The summed E-state index contributed by atoms with van der Waals surface area (Å²) in [7, 11) is 0. The Hall–Kier alpha value is -2.28. The first kappa shape index (κ1) is 27.3. The van der Waals surface area contributed by atoms with Gasteiger partial charge in [-0.25, -0.2) is 0 Å². The highest BCUT2D eigenvalue weighted by Gasteiger charge is 2.30. The van der Waals surface area contributed by atoms with Crippen molar-refractivity contribution < 1.29 is 9.59 Å². The summed E-state index contributed by atoms with van der Waals surface area (Å²) in [6.07, 6.45) is 0.441. The van der Waals surface area contributed by atoms with E-state index in [4.69, 9.17) is 11.6 Å². The predicted molar refractivity (Wildman–Crippen MR) is 150 cm³/mol. The largest absolute Gasteiger partial charge is 0.352 e. The predicted octanol–water partition coefficient (Wildman–Crippen LogP) is 6.50. The van der Waals surface area contributed by atoms with Gasteiger partial charge in [0.2, 0.25) is 11.8 Å². The lowest BCUT2D eigenvalue weighted by Gasteiger charge is -2.32. The van der Waals surface area contributed by atoms with Crippen molar-refractivity contribution in [1.29, 1.82) is 0 Å². The van der Waals surface area contributed by atoms with Gasteiger partial charge >= 0.3 is 0 Å². The van der Waals surface area contributed by atoms with Crippen molar-refractivity contribution in [1.82, 2.24) is 10.2 Å². The molecule has 0 bridgehead atoms. The maximum Gasteiger partial charge on any atom is 0.243 e. The van der Waals surface area contributed by atoms with Crippen LogP contribution >= 0.6 is 39.3 Å². The molecule has 1 N–H and O–H groups in total. The normalized spacial score (nSPS) is 11.8. The number of nitrogens with zero attached hydrogens (tertiary/aromatic N) is 1. The summed E-state index contributed by atoms with van der Waals surface area (Å²) in [6, 6.07) is 24.7. The number of rotatable bonds is 11. The third-order valence-corrected chi connectivity index (χ3v) is 7.14. The van der Waals surface area contributed by atoms with E-state index in [1.54, 1.807) is 16.7 Å². The molecule has 7 heteroatoms. The molecule has 184 valence electrons. The van der Waals surface area contributed by atoms with E-state index in [2.05, 4.69) is 21.2 Å². The zero-order valence-corrected chi connectivity index (χ0v) is 23.1. The highest BCUT2D eigenvalue weighted by molar-refractivity contribution is 9.10. The van der Waals surface area contributed by atoms with Crippen LogP contribution in [0.2, 0.25) is 5.02 Å². The average Bonchev–Trinajstić information content (AvgIpc) is 2.84. The molecular weight excluding hydrogens is 544 g/mol. The molecule has 2 amide bonds. The van der Waals surface area contributed by atoms with Gasteiger partial charge in [0, 0.05) is 34.3 Å². The Morgan fingerprint density at radius 1 is 0.914 bits per heavy atom. The Morgan fingerprint density at radius 3 is 2.17 bits per heavy atom. The van der Waals surface area contributed by atoms with E-state index in [0.29, 0.717) is 18.0 Å². The Kier molecular flexibility index (Phi) is 10.7. The van der Waals surface area contributed by atoms with Crippen molar-refractivity contribution >= 4 is 51.1 Å². The van der Waals surface area contributed by atoms with Crippen LogP contribution in [0.25, 0.3) is 0 Å². The molecule has 0 saturated carbocycles. The van der Waals surface area contributed by atoms with Crippen LogP contribution in [0.3, 0.4) is 0 Å². The van der Waals surface area contributed by atoms with Crippen LogP contribution in [0, 0.1) is 0 Å². The van der Waals surface area contributed by atoms with Crippen molar-refractivity contribution in [2.75, 3.05) is 5.75 Å². The topological polar surface area (TPSA) is 49.4 Å². The number of carbonyl (C=O) groups is 2. The highest BCUT2D eigenvalue weighted by atomic mass is 79.9. The summed E-state index contributed by atoms with van der Waals surface area (Å²) in [5, 5.41) is 3.65. The second-order valence-corrected chi connectivity index (χ2v) is 11.0. The Balaban J connectivity index is 1.83. The van der Waals surface area contributed by atoms with Crippen molar-refractivity contribution in [2.24, 2.45) is 0 Å². The fourth-order valence-electron chi connectivity index (χ4n) is 3.64. The molecule has 0 aromatic heterocycles. The Labute approximate surface area is 225 Å². The standard InChI is InChI=1S/C28H30BrClN2O2S/c1-20(2)31-28(34)26(16-21-6-4-3-5-7-21)32(17-22-10-14-25(30)15-11-22)27(33)19-35-18-23-8-12-24(29)13-9-23/h3-15,20,26H,16-19H2,1-2H3,(H,31,34)/t26-/m0/s1. The number of thioether (sulfide) groups is 1. The second-order valence-electron chi connectivity index (χ2n) is 8.64. The van der Waals surface area contributed by atoms with Gasteiger partial charge in [-0.1, -0.05) is 82.1 Å². The van der Waals surface area contributed by atoms with E-state index < -0.39 is 6.04 Å². The van der Waals surface area contributed by atoms with E-state index in [1.807, 2.05) is 92.7 Å². The molecule has 0 aliphatic carbocycles. The first-order valence-electron chi connectivity index (χ1n) is 11.5. The zero-order valence-electron chi connectivity index (χ0n) is 19.9. The number of carbonyl (C=O) groups excluding carboxylic acids is 2. The number of amides is 2. The van der Waals surface area contributed by atoms with E-state index in [-0.39, 0.29) is 23.6 Å². The molecule has 0 fully saturated rings. The minimum Gasteiger partial charge on any atom is -0.352 e. The van der Waals surface area contributed by atoms with E-state index in [0.717, 1.165) is 26.9 Å². The van der Waals surface area contributed by atoms with E-state index >= 15 is 0 Å². The van der Waals surface area contributed by atoms with Gasteiger partial charge in [-0.15, -0.1) is 11.8 Å². The second kappa shape index (κ2) is 13.7. The number of nitrogens with one attached hydrogen (secondary N) is 1. The van der Waals surface area contributed by atoms with Crippen LogP contribution in [-0.2, 0) is 28.3 Å². The maximum atomic E-state index is 13.6. The molecule has 0 aliphatic heterocycles. The lowest BCUT2D eigenvalue weighted by Crippen LogP contribution is -2.52. The van der Waals surface area contributed by atoms with Crippen LogP contribution in [0.15, 0.2) is 83.3 Å². The minimum absolute atomic E-state index is 0.0277. The van der Waals surface area contributed by atoms with Crippen molar-refractivity contribution in [3.63, 3.8) is 0 Å². The molecule has 3 aromatic rings. The summed E-state index contributed by atoms with van der Waals surface area (Å²) < 4.78 is 1.02. The van der Waals surface area contributed by atoms with Gasteiger partial charge in [0.1, 0.15) is 6.04 Å². The molecule has 0 saturated heterocycles. The number of hydrogen-bond donors (Lipinski definition) is 1. The van der Waals surface area contributed by atoms with Gasteiger partial charge in [0.25, 0.3) is 0 Å². The fraction of sp³-hybridized carbons (Fsp3) is 0.286. The van der Waals surface area contributed by atoms with Crippen LogP contribution in [-0.4, -0.2) is 34.6 Å². The number of hydrogen-bond acceptors (Lipinski definition) is 3. The van der Waals surface area contributed by atoms with Crippen LogP contribution < -0.4 is 5.32 Å². The first-order valence-corrected chi connectivity index (χ1v) is 13.8. The van der Waals surface area contributed by atoms with Gasteiger partial charge in [0.15, 0.2) is 0 Å². The average molecular weight is 574 g/mol. The summed E-state index contributed by atoms with van der Waals surface area (Å²) in [5.41, 5.74) is 3.08. The highest BCUT2D eigenvalue weighted by Crippen LogP contribution is 2.20.